The van der Waals surface area contributed by atoms with Gasteiger partial charge in [0, 0.05) is 10.8 Å². The number of thioether (sulfide) groups is 1. The second-order valence-electron chi connectivity index (χ2n) is 2.81. The van der Waals surface area contributed by atoms with Crippen LogP contribution in [-0.4, -0.2) is 36.0 Å². The van der Waals surface area contributed by atoms with E-state index < -0.39 is 28.3 Å². The minimum atomic E-state index is -2.44. The summed E-state index contributed by atoms with van der Waals surface area (Å²) in [5.41, 5.74) is 0.00432. The Balaban J connectivity index is 2.24. The number of β-lactam (4-membered cyclic amide) rings is 1. The molecule has 8 heteroatoms. The zero-order valence-corrected chi connectivity index (χ0v) is 8.71. The summed E-state index contributed by atoms with van der Waals surface area (Å²) in [5, 5.41) is 10.4. The minimum absolute atomic E-state index is 0.108. The first-order valence-electron chi connectivity index (χ1n) is 3.74. The quantitative estimate of drug-likeness (QED) is 0.404. The second-order valence-corrected chi connectivity index (χ2v) is 4.52. The third-order valence-electron chi connectivity index (χ3n) is 1.98. The lowest BCUT2D eigenvalue weighted by atomic mass is 10.1. The average Bonchev–Trinajstić information content (AvgIpc) is 2.54. The van der Waals surface area contributed by atoms with Crippen molar-refractivity contribution in [3.63, 3.8) is 0 Å². The molecule has 2 aliphatic rings. The normalized spacial score (nSPS) is 28.5. The second kappa shape index (κ2) is 3.47. The number of fused-ring (bicyclic) bond motifs is 1. The Morgan fingerprint density at radius 2 is 2.40 bits per heavy atom. The highest BCUT2D eigenvalue weighted by atomic mass is 32.2. The van der Waals surface area contributed by atoms with E-state index in [1.165, 1.54) is 5.41 Å². The van der Waals surface area contributed by atoms with Gasteiger partial charge in [-0.1, -0.05) is 0 Å². The van der Waals surface area contributed by atoms with Gasteiger partial charge in [-0.3, -0.25) is 13.9 Å². The molecule has 0 spiro atoms. The van der Waals surface area contributed by atoms with E-state index in [-0.39, 0.29) is 11.3 Å². The molecule has 1 saturated heterocycles. The van der Waals surface area contributed by atoms with Crippen LogP contribution in [0.25, 0.3) is 0 Å². The Morgan fingerprint density at radius 1 is 1.73 bits per heavy atom. The molecule has 1 N–H and O–H groups in total. The summed E-state index contributed by atoms with van der Waals surface area (Å²) in [6, 6.07) is 0. The zero-order valence-electron chi connectivity index (χ0n) is 7.08. The highest BCUT2D eigenvalue weighted by Crippen LogP contribution is 2.44. The predicted octanol–water partition coefficient (Wildman–Crippen LogP) is -0.409. The number of aliphatic carboxylic acids is 1. The van der Waals surface area contributed by atoms with Crippen molar-refractivity contribution >= 4 is 34.7 Å². The van der Waals surface area contributed by atoms with Crippen molar-refractivity contribution in [3.8, 4) is 0 Å². The van der Waals surface area contributed by atoms with Gasteiger partial charge >= 0.3 is 5.97 Å². The van der Waals surface area contributed by atoms with Crippen LogP contribution in [0.15, 0.2) is 22.1 Å². The summed E-state index contributed by atoms with van der Waals surface area (Å²) in [4.78, 5) is 23.1. The molecular formula is C7H4NO5S2-. The van der Waals surface area contributed by atoms with Gasteiger partial charge < -0.3 is 9.66 Å². The molecule has 1 fully saturated rings. The Kier molecular flexibility index (Phi) is 2.41. The third kappa shape index (κ3) is 1.50. The van der Waals surface area contributed by atoms with E-state index >= 15 is 0 Å². The summed E-state index contributed by atoms with van der Waals surface area (Å²) in [7, 11) is 0. The van der Waals surface area contributed by atoms with Crippen LogP contribution in [-0.2, 0) is 20.7 Å². The maximum absolute atomic E-state index is 11.4. The molecule has 2 rings (SSSR count). The van der Waals surface area contributed by atoms with Crippen LogP contribution in [0, 0.1) is 0 Å². The number of rotatable bonds is 2. The Bertz CT molecular complexity index is 441. The topological polar surface area (TPSA) is 97.7 Å². The lowest BCUT2D eigenvalue weighted by Gasteiger charge is -2.37. The fourth-order valence-corrected chi connectivity index (χ4v) is 2.99. The Morgan fingerprint density at radius 3 is 2.93 bits per heavy atom. The molecule has 0 saturated carbocycles. The van der Waals surface area contributed by atoms with Crippen molar-refractivity contribution in [1.82, 2.24) is 4.90 Å². The van der Waals surface area contributed by atoms with Crippen molar-refractivity contribution in [1.29, 1.82) is 0 Å². The van der Waals surface area contributed by atoms with Crippen LogP contribution in [0.5, 0.6) is 0 Å². The first-order chi connectivity index (χ1) is 7.02. The van der Waals surface area contributed by atoms with Gasteiger partial charge in [0.25, 0.3) is 5.91 Å². The molecule has 15 heavy (non-hydrogen) atoms. The first-order valence-corrected chi connectivity index (χ1v) is 5.82. The molecule has 80 valence electrons. The highest BCUT2D eigenvalue weighted by molar-refractivity contribution is 8.03. The molecule has 2 aliphatic heterocycles. The molecule has 0 aromatic heterocycles. The van der Waals surface area contributed by atoms with Crippen LogP contribution in [0.1, 0.15) is 0 Å². The molecule has 0 bridgehead atoms. The molecular weight excluding hydrogens is 242 g/mol. The van der Waals surface area contributed by atoms with Crippen LogP contribution in [0.3, 0.4) is 0 Å². The SMILES string of the molecule is O=C(O)C1=CS[C@H]2C(=CS(=O)[O-])C(=O)N12. The number of carbonyl (C=O) groups is 2. The number of hydrogen-bond acceptors (Lipinski definition) is 5. The van der Waals surface area contributed by atoms with Gasteiger partial charge in [0.1, 0.15) is 11.1 Å². The lowest BCUT2D eigenvalue weighted by Crippen LogP contribution is -2.51. The predicted molar refractivity (Wildman–Crippen MR) is 50.9 cm³/mol. The minimum Gasteiger partial charge on any atom is -0.769 e. The van der Waals surface area contributed by atoms with E-state index in [4.69, 9.17) is 5.11 Å². The Hall–Kier alpha value is -1.12. The first kappa shape index (κ1) is 10.4. The number of amides is 1. The summed E-state index contributed by atoms with van der Waals surface area (Å²) < 4.78 is 20.7. The molecule has 0 aromatic rings. The number of carboxylic acids is 1. The fraction of sp³-hybridized carbons (Fsp3) is 0.143. The number of nitrogens with zero attached hydrogens (tertiary/aromatic N) is 1. The molecule has 6 nitrogen and oxygen atoms in total. The smallest absolute Gasteiger partial charge is 0.353 e. The van der Waals surface area contributed by atoms with E-state index in [0.717, 1.165) is 22.1 Å². The lowest BCUT2D eigenvalue weighted by molar-refractivity contribution is -0.141. The van der Waals surface area contributed by atoms with Crippen LogP contribution < -0.4 is 0 Å². The number of carboxylic acid groups (broad SMARTS) is 1. The van der Waals surface area contributed by atoms with Crippen molar-refractivity contribution in [2.24, 2.45) is 0 Å². The van der Waals surface area contributed by atoms with Gasteiger partial charge in [0.05, 0.1) is 5.57 Å². The maximum atomic E-state index is 11.4. The van der Waals surface area contributed by atoms with E-state index in [1.54, 1.807) is 0 Å². The molecule has 0 aliphatic carbocycles. The number of hydrogen-bond donors (Lipinski definition) is 1. The summed E-state index contributed by atoms with van der Waals surface area (Å²) in [6.45, 7) is 0. The van der Waals surface area contributed by atoms with E-state index in [1.807, 2.05) is 0 Å². The summed E-state index contributed by atoms with van der Waals surface area (Å²) >= 11 is -1.34. The maximum Gasteiger partial charge on any atom is 0.353 e. The van der Waals surface area contributed by atoms with Crippen LogP contribution in [0.2, 0.25) is 0 Å². The van der Waals surface area contributed by atoms with Crippen molar-refractivity contribution < 1.29 is 23.5 Å². The monoisotopic (exact) mass is 246 g/mol. The molecule has 2 atom stereocenters. The third-order valence-corrected chi connectivity index (χ3v) is 3.51. The van der Waals surface area contributed by atoms with Gasteiger partial charge in [-0.2, -0.15) is 0 Å². The average molecular weight is 246 g/mol. The largest absolute Gasteiger partial charge is 0.769 e. The van der Waals surface area contributed by atoms with E-state index in [0.29, 0.717) is 0 Å². The van der Waals surface area contributed by atoms with Crippen LogP contribution in [0.4, 0.5) is 0 Å². The zero-order chi connectivity index (χ0) is 11.2. The number of carbonyl (C=O) groups excluding carboxylic acids is 1. The standard InChI is InChI=1S/C7H5NO5S2/c9-5-3(2-15(12)13)6-8(5)4(1-14-6)7(10)11/h1-2,6H,(H,10,11)(H,12,13)/p-1/t6-/m0/s1. The Labute approximate surface area is 90.9 Å². The molecule has 1 unspecified atom stereocenters. The van der Waals surface area contributed by atoms with E-state index in [2.05, 4.69) is 0 Å². The van der Waals surface area contributed by atoms with Crippen molar-refractivity contribution in [2.45, 2.75) is 5.37 Å². The van der Waals surface area contributed by atoms with E-state index in [9.17, 15) is 18.4 Å². The van der Waals surface area contributed by atoms with Gasteiger partial charge in [0.15, 0.2) is 0 Å². The molecule has 0 aromatic carbocycles. The van der Waals surface area contributed by atoms with Gasteiger partial charge in [-0.15, -0.1) is 11.8 Å². The van der Waals surface area contributed by atoms with Gasteiger partial charge in [0.2, 0.25) is 0 Å². The summed E-state index contributed by atoms with van der Waals surface area (Å²) in [5.74, 6) is -1.76. The highest BCUT2D eigenvalue weighted by Gasteiger charge is 2.49. The molecule has 0 radical (unpaired) electrons. The van der Waals surface area contributed by atoms with Gasteiger partial charge in [-0.25, -0.2) is 4.79 Å². The fourth-order valence-electron chi connectivity index (χ4n) is 1.35. The van der Waals surface area contributed by atoms with Crippen molar-refractivity contribution in [3.05, 3.63) is 22.1 Å². The molecule has 2 heterocycles. The molecule has 1 amide bonds. The van der Waals surface area contributed by atoms with Crippen LogP contribution >= 0.6 is 11.8 Å². The summed E-state index contributed by atoms with van der Waals surface area (Å²) in [6.07, 6.45) is 0. The van der Waals surface area contributed by atoms with Gasteiger partial charge in [-0.05, 0) is 11.1 Å². The van der Waals surface area contributed by atoms with Crippen molar-refractivity contribution in [2.75, 3.05) is 0 Å².